The van der Waals surface area contributed by atoms with Gasteiger partial charge in [0.2, 0.25) is 10.0 Å². The Kier molecular flexibility index (Phi) is 5.44. The molecule has 2 rings (SSSR count). The van der Waals surface area contributed by atoms with Gasteiger partial charge in [0.25, 0.3) is 0 Å². The average molecular weight is 328 g/mol. The highest BCUT2D eigenvalue weighted by Gasteiger charge is 2.17. The molecular weight excluding hydrogens is 312 g/mol. The van der Waals surface area contributed by atoms with E-state index in [9.17, 15) is 12.8 Å². The molecule has 0 aliphatic heterocycles. The zero-order chi connectivity index (χ0) is 15.3. The van der Waals surface area contributed by atoms with Gasteiger partial charge in [-0.1, -0.05) is 24.3 Å². The van der Waals surface area contributed by atoms with Crippen LogP contribution in [0.2, 0.25) is 0 Å². The molecule has 0 saturated heterocycles. The number of sulfonamides is 1. The highest BCUT2D eigenvalue weighted by molar-refractivity contribution is 7.89. The summed E-state index contributed by atoms with van der Waals surface area (Å²) in [4.78, 5) is 0.174. The van der Waals surface area contributed by atoms with Crippen molar-refractivity contribution < 1.29 is 17.5 Å². The molecule has 21 heavy (non-hydrogen) atoms. The van der Waals surface area contributed by atoms with Gasteiger partial charge in [-0.15, -0.1) is 0 Å². The van der Waals surface area contributed by atoms with E-state index in [1.54, 1.807) is 30.3 Å². The average Bonchev–Trinajstić information content (AvgIpc) is 2.50. The lowest BCUT2D eigenvalue weighted by molar-refractivity contribution is 0.276. The van der Waals surface area contributed by atoms with E-state index in [4.69, 9.17) is 4.74 Å². The number of thiol groups is 1. The van der Waals surface area contributed by atoms with Gasteiger partial charge in [0, 0.05) is 23.1 Å². The van der Waals surface area contributed by atoms with E-state index >= 15 is 0 Å². The molecule has 0 spiro atoms. The van der Waals surface area contributed by atoms with Crippen LogP contribution in [-0.2, 0) is 10.0 Å². The van der Waals surface area contributed by atoms with Gasteiger partial charge >= 0.3 is 0 Å². The van der Waals surface area contributed by atoms with Crippen LogP contribution in [0.15, 0.2) is 41.3 Å². The second-order valence-corrected chi connectivity index (χ2v) is 6.45. The van der Waals surface area contributed by atoms with Crippen molar-refractivity contribution in [3.05, 3.63) is 36.4 Å². The minimum Gasteiger partial charge on any atom is -0.490 e. The number of nitrogens with one attached hydrogen (secondary N) is 1. The summed E-state index contributed by atoms with van der Waals surface area (Å²) < 4.78 is 44.6. The van der Waals surface area contributed by atoms with E-state index in [1.165, 1.54) is 6.07 Å². The van der Waals surface area contributed by atoms with Crippen LogP contribution in [0, 0.1) is 0 Å². The minimum atomic E-state index is -3.61. The molecule has 4 nitrogen and oxygen atoms in total. The Labute approximate surface area is 128 Å². The number of fused-ring (bicyclic) bond motifs is 1. The zero-order valence-electron chi connectivity index (χ0n) is 11.3. The molecule has 0 radical (unpaired) electrons. The van der Waals surface area contributed by atoms with E-state index in [0.29, 0.717) is 22.3 Å². The van der Waals surface area contributed by atoms with Gasteiger partial charge in [-0.25, -0.2) is 17.5 Å². The number of alkyl halides is 1. The second-order valence-electron chi connectivity index (χ2n) is 4.27. The first kappa shape index (κ1) is 16.1. The molecule has 0 aromatic heterocycles. The molecule has 1 N–H and O–H groups in total. The molecule has 0 bridgehead atoms. The van der Waals surface area contributed by atoms with E-state index in [1.807, 2.05) is 0 Å². The summed E-state index contributed by atoms with van der Waals surface area (Å²) in [6.45, 7) is -0.411. The predicted molar refractivity (Wildman–Crippen MR) is 84.5 cm³/mol. The standard InChI is InChI=1S/C14H16FNO3S2/c15-7-9-19-13-5-1-4-12-11(13)3-2-6-14(12)21(17,18)16-8-10-20/h1-6,16,20H,7-10H2/i15-1. The minimum absolute atomic E-state index is 0.0615. The molecule has 2 aromatic rings. The van der Waals surface area contributed by atoms with Gasteiger partial charge in [0.05, 0.1) is 4.90 Å². The van der Waals surface area contributed by atoms with Crippen molar-refractivity contribution in [2.75, 3.05) is 25.6 Å². The first-order valence-electron chi connectivity index (χ1n) is 6.41. The van der Waals surface area contributed by atoms with Crippen LogP contribution in [-0.4, -0.2) is 34.0 Å². The topological polar surface area (TPSA) is 55.4 Å². The molecule has 0 aliphatic rings. The van der Waals surface area contributed by atoms with Gasteiger partial charge in [-0.2, -0.15) is 12.6 Å². The molecule has 2 aromatic carbocycles. The zero-order valence-corrected chi connectivity index (χ0v) is 13.0. The molecule has 114 valence electrons. The molecule has 0 saturated carbocycles. The van der Waals surface area contributed by atoms with E-state index in [2.05, 4.69) is 17.4 Å². The smallest absolute Gasteiger partial charge is 0.241 e. The number of benzene rings is 2. The van der Waals surface area contributed by atoms with Crippen LogP contribution < -0.4 is 9.46 Å². The summed E-state index contributed by atoms with van der Waals surface area (Å²) in [7, 11) is -3.61. The number of hydrogen-bond donors (Lipinski definition) is 2. The van der Waals surface area contributed by atoms with Crippen molar-refractivity contribution >= 4 is 33.4 Å². The Morgan fingerprint density at radius 3 is 2.57 bits per heavy atom. The van der Waals surface area contributed by atoms with Crippen LogP contribution in [0.1, 0.15) is 0 Å². The van der Waals surface area contributed by atoms with Gasteiger partial charge in [0.15, 0.2) is 0 Å². The first-order valence-corrected chi connectivity index (χ1v) is 8.53. The van der Waals surface area contributed by atoms with E-state index in [0.717, 1.165) is 0 Å². The lowest BCUT2D eigenvalue weighted by atomic mass is 10.1. The van der Waals surface area contributed by atoms with E-state index in [-0.39, 0.29) is 18.0 Å². The summed E-state index contributed by atoms with van der Waals surface area (Å²) in [5.74, 6) is 0.880. The van der Waals surface area contributed by atoms with Gasteiger partial charge in [0.1, 0.15) is 19.0 Å². The fourth-order valence-corrected chi connectivity index (χ4v) is 3.53. The lowest BCUT2D eigenvalue weighted by Gasteiger charge is -2.12. The fourth-order valence-electron chi connectivity index (χ4n) is 2.02. The quantitative estimate of drug-likeness (QED) is 0.768. The Bertz CT molecular complexity index is 719. The third kappa shape index (κ3) is 3.66. The van der Waals surface area contributed by atoms with Crippen molar-refractivity contribution in [2.24, 2.45) is 0 Å². The van der Waals surface area contributed by atoms with Crippen LogP contribution in [0.3, 0.4) is 0 Å². The molecule has 0 aliphatic carbocycles. The largest absolute Gasteiger partial charge is 0.490 e. The third-order valence-electron chi connectivity index (χ3n) is 2.87. The maximum atomic E-state index is 12.3. The Hall–Kier alpha value is -1.31. The van der Waals surface area contributed by atoms with Crippen molar-refractivity contribution in [3.8, 4) is 5.75 Å². The molecule has 7 heteroatoms. The monoisotopic (exact) mass is 328 g/mol. The number of ether oxygens (including phenoxy) is 1. The highest BCUT2D eigenvalue weighted by Crippen LogP contribution is 2.30. The van der Waals surface area contributed by atoms with E-state index < -0.39 is 16.7 Å². The molecule has 0 amide bonds. The molecule has 0 unspecified atom stereocenters. The summed E-state index contributed by atoms with van der Waals surface area (Å²) in [5.41, 5.74) is 0. The van der Waals surface area contributed by atoms with Gasteiger partial charge in [-0.3, -0.25) is 0 Å². The van der Waals surface area contributed by atoms with Crippen LogP contribution in [0.25, 0.3) is 10.8 Å². The summed E-state index contributed by atoms with van der Waals surface area (Å²) in [5, 5.41) is 1.18. The van der Waals surface area contributed by atoms with Crippen molar-refractivity contribution in [1.29, 1.82) is 0 Å². The third-order valence-corrected chi connectivity index (χ3v) is 4.61. The fraction of sp³-hybridized carbons (Fsp3) is 0.286. The van der Waals surface area contributed by atoms with Crippen LogP contribution >= 0.6 is 12.6 Å². The van der Waals surface area contributed by atoms with Crippen molar-refractivity contribution in [3.63, 3.8) is 0 Å². The summed E-state index contributed by atoms with van der Waals surface area (Å²) >= 11 is 3.99. The van der Waals surface area contributed by atoms with Crippen molar-refractivity contribution in [2.45, 2.75) is 4.90 Å². The maximum Gasteiger partial charge on any atom is 0.241 e. The van der Waals surface area contributed by atoms with Crippen LogP contribution in [0.5, 0.6) is 5.75 Å². The maximum absolute atomic E-state index is 12.3. The summed E-state index contributed by atoms with van der Waals surface area (Å²) in [6.07, 6.45) is 0. The Balaban J connectivity index is 2.51. The lowest BCUT2D eigenvalue weighted by Crippen LogP contribution is -2.25. The van der Waals surface area contributed by atoms with Gasteiger partial charge in [-0.05, 0) is 12.1 Å². The Morgan fingerprint density at radius 2 is 1.86 bits per heavy atom. The highest BCUT2D eigenvalue weighted by atomic mass is 32.2. The van der Waals surface area contributed by atoms with Gasteiger partial charge < -0.3 is 4.74 Å². The molecule has 0 heterocycles. The number of hydrogen-bond acceptors (Lipinski definition) is 4. The van der Waals surface area contributed by atoms with Crippen molar-refractivity contribution in [1.82, 2.24) is 4.72 Å². The van der Waals surface area contributed by atoms with Crippen LogP contribution in [0.4, 0.5) is 4.39 Å². The molecule has 0 fully saturated rings. The predicted octanol–water partition coefficient (Wildman–Crippen LogP) is 2.40. The normalized spacial score (nSPS) is 11.7. The number of halogens is 1. The second kappa shape index (κ2) is 7.11. The first-order chi connectivity index (χ1) is 10.1. The SMILES string of the molecule is O=S(=O)(NCCS)c1cccc2c(OCC[18F])cccc12. The Morgan fingerprint density at radius 1 is 1.14 bits per heavy atom. The summed E-state index contributed by atoms with van der Waals surface area (Å²) in [6, 6.07) is 10.00. The number of rotatable bonds is 7. The molecular formula is C14H16FNO3S2. The molecule has 0 atom stereocenters.